The van der Waals surface area contributed by atoms with Gasteiger partial charge in [0.1, 0.15) is 11.6 Å². The normalized spacial score (nSPS) is 11.0. The van der Waals surface area contributed by atoms with E-state index in [0.29, 0.717) is 22.7 Å². The van der Waals surface area contributed by atoms with E-state index in [0.717, 1.165) is 11.2 Å². The van der Waals surface area contributed by atoms with Crippen LogP contribution in [0.2, 0.25) is 0 Å². The summed E-state index contributed by atoms with van der Waals surface area (Å²) in [6.07, 6.45) is 0. The van der Waals surface area contributed by atoms with Gasteiger partial charge in [-0.3, -0.25) is 0 Å². The van der Waals surface area contributed by atoms with E-state index in [-0.39, 0.29) is 0 Å². The highest BCUT2D eigenvalue weighted by molar-refractivity contribution is 5.76. The Morgan fingerprint density at radius 1 is 1.17 bits per heavy atom. The number of fused-ring (bicyclic) bond motifs is 1. The summed E-state index contributed by atoms with van der Waals surface area (Å²) in [6, 6.07) is 8.29. The first-order valence-corrected chi connectivity index (χ1v) is 5.52. The van der Waals surface area contributed by atoms with Crippen LogP contribution in [-0.2, 0) is 0 Å². The Hall–Kier alpha value is -2.43. The number of benzene rings is 1. The van der Waals surface area contributed by atoms with Crippen LogP contribution >= 0.6 is 0 Å². The van der Waals surface area contributed by atoms with Crippen LogP contribution in [0.1, 0.15) is 5.69 Å². The molecule has 4 nitrogen and oxygen atoms in total. The lowest BCUT2D eigenvalue weighted by Gasteiger charge is -1.99. The average Bonchev–Trinajstić information content (AvgIpc) is 2.71. The van der Waals surface area contributed by atoms with E-state index in [9.17, 15) is 4.39 Å². The van der Waals surface area contributed by atoms with Crippen LogP contribution in [0.3, 0.4) is 0 Å². The molecule has 0 aliphatic rings. The second-order valence-electron chi connectivity index (χ2n) is 4.15. The highest BCUT2D eigenvalue weighted by Crippen LogP contribution is 2.23. The number of anilines is 1. The van der Waals surface area contributed by atoms with E-state index < -0.39 is 5.82 Å². The molecule has 0 bridgehead atoms. The van der Waals surface area contributed by atoms with Gasteiger partial charge in [-0.1, -0.05) is 0 Å². The SMILES string of the molecule is Cc1ccc2[nH]c(-c3ccc(N)cc3F)nc2n1. The van der Waals surface area contributed by atoms with E-state index in [1.807, 2.05) is 19.1 Å². The summed E-state index contributed by atoms with van der Waals surface area (Å²) in [4.78, 5) is 11.6. The fraction of sp³-hybridized carbons (Fsp3) is 0.0769. The number of nitrogens with two attached hydrogens (primary N) is 1. The third-order valence-electron chi connectivity index (χ3n) is 2.73. The van der Waals surface area contributed by atoms with Gasteiger partial charge in [-0.25, -0.2) is 14.4 Å². The molecule has 0 amide bonds. The van der Waals surface area contributed by atoms with E-state index in [1.165, 1.54) is 6.07 Å². The third-order valence-corrected chi connectivity index (χ3v) is 2.73. The lowest BCUT2D eigenvalue weighted by molar-refractivity contribution is 0.631. The van der Waals surface area contributed by atoms with Gasteiger partial charge < -0.3 is 10.7 Å². The summed E-state index contributed by atoms with van der Waals surface area (Å²) in [5.74, 6) is 0.0615. The molecule has 0 aliphatic heterocycles. The van der Waals surface area contributed by atoms with E-state index in [2.05, 4.69) is 15.0 Å². The van der Waals surface area contributed by atoms with Crippen molar-refractivity contribution >= 4 is 16.9 Å². The van der Waals surface area contributed by atoms with Crippen LogP contribution < -0.4 is 5.73 Å². The lowest BCUT2D eigenvalue weighted by atomic mass is 10.2. The monoisotopic (exact) mass is 242 g/mol. The summed E-state index contributed by atoms with van der Waals surface area (Å²) in [5.41, 5.74) is 8.54. The van der Waals surface area contributed by atoms with Gasteiger partial charge in [-0.15, -0.1) is 0 Å². The predicted octanol–water partition coefficient (Wildman–Crippen LogP) is 2.65. The summed E-state index contributed by atoms with van der Waals surface area (Å²) < 4.78 is 13.8. The first kappa shape index (κ1) is 10.7. The van der Waals surface area contributed by atoms with Crippen molar-refractivity contribution in [2.75, 3.05) is 5.73 Å². The van der Waals surface area contributed by atoms with Gasteiger partial charge in [0, 0.05) is 11.4 Å². The fourth-order valence-corrected chi connectivity index (χ4v) is 1.84. The van der Waals surface area contributed by atoms with Crippen molar-refractivity contribution in [1.29, 1.82) is 0 Å². The highest BCUT2D eigenvalue weighted by atomic mass is 19.1. The number of hydrogen-bond donors (Lipinski definition) is 2. The molecule has 0 spiro atoms. The number of nitrogens with zero attached hydrogens (tertiary/aromatic N) is 2. The summed E-state index contributed by atoms with van der Waals surface area (Å²) in [7, 11) is 0. The Bertz CT molecular complexity index is 733. The number of nitrogen functional groups attached to an aromatic ring is 1. The number of nitrogens with one attached hydrogen (secondary N) is 1. The molecule has 0 unspecified atom stereocenters. The van der Waals surface area contributed by atoms with Gasteiger partial charge in [0.2, 0.25) is 0 Å². The molecule has 5 heteroatoms. The molecule has 0 radical (unpaired) electrons. The van der Waals surface area contributed by atoms with Gasteiger partial charge in [0.25, 0.3) is 0 Å². The molecular weight excluding hydrogens is 231 g/mol. The van der Waals surface area contributed by atoms with Crippen molar-refractivity contribution < 1.29 is 4.39 Å². The quantitative estimate of drug-likeness (QED) is 0.644. The van der Waals surface area contributed by atoms with Gasteiger partial charge in [0.15, 0.2) is 5.65 Å². The molecule has 3 rings (SSSR count). The maximum atomic E-state index is 13.8. The van der Waals surface area contributed by atoms with E-state index in [4.69, 9.17) is 5.73 Å². The molecule has 2 aromatic heterocycles. The Labute approximate surface area is 103 Å². The number of rotatable bonds is 1. The Morgan fingerprint density at radius 2 is 2.00 bits per heavy atom. The zero-order chi connectivity index (χ0) is 12.7. The van der Waals surface area contributed by atoms with Crippen molar-refractivity contribution in [3.63, 3.8) is 0 Å². The minimum absolute atomic E-state index is 0.389. The Morgan fingerprint density at radius 3 is 2.78 bits per heavy atom. The van der Waals surface area contributed by atoms with Crippen molar-refractivity contribution in [3.05, 3.63) is 41.8 Å². The number of aryl methyl sites for hydroxylation is 1. The van der Waals surface area contributed by atoms with Crippen molar-refractivity contribution in [3.8, 4) is 11.4 Å². The fourth-order valence-electron chi connectivity index (χ4n) is 1.84. The molecule has 2 heterocycles. The second-order valence-corrected chi connectivity index (χ2v) is 4.15. The van der Waals surface area contributed by atoms with Crippen molar-refractivity contribution in [2.24, 2.45) is 0 Å². The number of halogens is 1. The number of aromatic nitrogens is 3. The number of imidazole rings is 1. The molecule has 3 N–H and O–H groups in total. The second kappa shape index (κ2) is 3.80. The summed E-state index contributed by atoms with van der Waals surface area (Å²) >= 11 is 0. The van der Waals surface area contributed by atoms with Gasteiger partial charge >= 0.3 is 0 Å². The van der Waals surface area contributed by atoms with Gasteiger partial charge in [-0.05, 0) is 37.3 Å². The molecular formula is C13H11FN4. The first-order valence-electron chi connectivity index (χ1n) is 5.52. The molecule has 18 heavy (non-hydrogen) atoms. The average molecular weight is 242 g/mol. The van der Waals surface area contributed by atoms with Crippen LogP contribution in [0.25, 0.3) is 22.6 Å². The molecule has 0 aliphatic carbocycles. The Kier molecular flexibility index (Phi) is 2.26. The van der Waals surface area contributed by atoms with Crippen LogP contribution in [0.15, 0.2) is 30.3 Å². The number of pyridine rings is 1. The third kappa shape index (κ3) is 1.69. The number of hydrogen-bond acceptors (Lipinski definition) is 3. The lowest BCUT2D eigenvalue weighted by Crippen LogP contribution is -1.90. The standard InChI is InChI=1S/C13H11FN4/c1-7-2-5-11-13(16-7)18-12(17-11)9-4-3-8(15)6-10(9)14/h2-6H,15H2,1H3,(H,16,17,18). The zero-order valence-electron chi connectivity index (χ0n) is 9.74. The molecule has 90 valence electrons. The van der Waals surface area contributed by atoms with E-state index >= 15 is 0 Å². The molecule has 1 aromatic carbocycles. The first-order chi connectivity index (χ1) is 8.63. The minimum Gasteiger partial charge on any atom is -0.399 e. The van der Waals surface area contributed by atoms with Crippen LogP contribution in [0.5, 0.6) is 0 Å². The van der Waals surface area contributed by atoms with Crippen molar-refractivity contribution in [1.82, 2.24) is 15.0 Å². The molecule has 0 fully saturated rings. The summed E-state index contributed by atoms with van der Waals surface area (Å²) in [6.45, 7) is 1.89. The zero-order valence-corrected chi connectivity index (χ0v) is 9.74. The molecule has 3 aromatic rings. The topological polar surface area (TPSA) is 67.6 Å². The maximum absolute atomic E-state index is 13.8. The molecule has 0 saturated heterocycles. The van der Waals surface area contributed by atoms with Gasteiger partial charge in [-0.2, -0.15) is 0 Å². The summed E-state index contributed by atoms with van der Waals surface area (Å²) in [5, 5.41) is 0. The van der Waals surface area contributed by atoms with Crippen LogP contribution in [0, 0.1) is 12.7 Å². The molecule has 0 atom stereocenters. The minimum atomic E-state index is -0.397. The largest absolute Gasteiger partial charge is 0.399 e. The number of aromatic amines is 1. The maximum Gasteiger partial charge on any atom is 0.178 e. The van der Waals surface area contributed by atoms with Gasteiger partial charge in [0.05, 0.1) is 11.1 Å². The van der Waals surface area contributed by atoms with Crippen molar-refractivity contribution in [2.45, 2.75) is 6.92 Å². The highest BCUT2D eigenvalue weighted by Gasteiger charge is 2.10. The van der Waals surface area contributed by atoms with Crippen LogP contribution in [-0.4, -0.2) is 15.0 Å². The molecule has 0 saturated carbocycles. The van der Waals surface area contributed by atoms with E-state index in [1.54, 1.807) is 12.1 Å². The number of H-pyrrole nitrogens is 1. The van der Waals surface area contributed by atoms with Crippen LogP contribution in [0.4, 0.5) is 10.1 Å². The predicted molar refractivity (Wildman–Crippen MR) is 68.4 cm³/mol. The Balaban J connectivity index is 2.19. The smallest absolute Gasteiger partial charge is 0.178 e.